The van der Waals surface area contributed by atoms with Crippen molar-refractivity contribution in [2.45, 2.75) is 78.2 Å². The van der Waals surface area contributed by atoms with Crippen LogP contribution in [0.2, 0.25) is 24.2 Å². The number of hydrogen-bond donors (Lipinski definition) is 0. The van der Waals surface area contributed by atoms with E-state index in [0.29, 0.717) is 0 Å². The van der Waals surface area contributed by atoms with Crippen LogP contribution in [-0.2, 0) is 0 Å². The largest absolute Gasteiger partial charge is 0.460 e. The Morgan fingerprint density at radius 3 is 0.973 bits per heavy atom. The highest BCUT2D eigenvalue weighted by Gasteiger charge is 2.95. The average molecular weight is 598 g/mol. The molecule has 18 heteroatoms. The first-order valence-electron chi connectivity index (χ1n) is 9.68. The van der Waals surface area contributed by atoms with E-state index in [1.165, 1.54) is 0 Å². The third-order valence-corrected chi connectivity index (χ3v) is 10.3. The quantitative estimate of drug-likeness (QED) is 0.100. The highest BCUT2D eigenvalue weighted by Crippen LogP contribution is 2.64. The topological polar surface area (TPSA) is 0 Å². The molecule has 0 spiro atoms. The lowest BCUT2D eigenvalue weighted by molar-refractivity contribution is -0.461. The zero-order valence-electron chi connectivity index (χ0n) is 18.3. The Morgan fingerprint density at radius 2 is 0.703 bits per heavy atom. The summed E-state index contributed by atoms with van der Waals surface area (Å²) in [5, 5.41) is 0. The fourth-order valence-corrected chi connectivity index (χ4v) is 7.04. The van der Waals surface area contributed by atoms with E-state index in [1.807, 2.05) is 0 Å². The van der Waals surface area contributed by atoms with Crippen LogP contribution in [0.5, 0.6) is 0 Å². The van der Waals surface area contributed by atoms with Gasteiger partial charge in [0.1, 0.15) is 0 Å². The smallest absolute Gasteiger partial charge is 0.200 e. The van der Waals surface area contributed by atoms with Gasteiger partial charge in [0.25, 0.3) is 0 Å². The molecule has 0 saturated carbocycles. The molecule has 218 valence electrons. The molecule has 0 aromatic heterocycles. The van der Waals surface area contributed by atoms with Crippen LogP contribution in [0.25, 0.3) is 0 Å². The van der Waals surface area contributed by atoms with Crippen molar-refractivity contribution in [3.8, 4) is 0 Å². The van der Waals surface area contributed by atoms with Gasteiger partial charge in [-0.15, -0.1) is 19.7 Å². The maximum atomic E-state index is 14.2. The van der Waals surface area contributed by atoms with Crippen LogP contribution in [0.1, 0.15) is 6.42 Å². The first-order valence-corrected chi connectivity index (χ1v) is 12.5. The normalized spacial score (nSPS) is 15.5. The minimum Gasteiger partial charge on any atom is -0.200 e. The summed E-state index contributed by atoms with van der Waals surface area (Å²) in [7, 11) is -3.29. The molecule has 0 rings (SSSR count). The summed E-state index contributed by atoms with van der Waals surface area (Å²) < 4.78 is 227. The number of halogens is 17. The van der Waals surface area contributed by atoms with E-state index in [-0.39, 0.29) is 18.1 Å². The molecule has 0 nitrogen and oxygen atoms in total. The van der Waals surface area contributed by atoms with Gasteiger partial charge in [-0.3, -0.25) is 0 Å². The lowest BCUT2D eigenvalue weighted by atomic mass is 9.88. The van der Waals surface area contributed by atoms with Crippen LogP contribution < -0.4 is 0 Å². The molecular formula is C19H19F17Si. The van der Waals surface area contributed by atoms with Crippen molar-refractivity contribution in [2.24, 2.45) is 0 Å². The van der Waals surface area contributed by atoms with Crippen molar-refractivity contribution in [1.82, 2.24) is 0 Å². The van der Waals surface area contributed by atoms with Crippen LogP contribution in [0, 0.1) is 0 Å². The lowest BCUT2D eigenvalue weighted by Gasteiger charge is -2.43. The fourth-order valence-electron chi connectivity index (χ4n) is 3.25. The predicted octanol–water partition coefficient (Wildman–Crippen LogP) is 9.39. The second kappa shape index (κ2) is 10.4. The average Bonchev–Trinajstić information content (AvgIpc) is 2.71. The summed E-state index contributed by atoms with van der Waals surface area (Å²) in [6.45, 7) is 9.83. The maximum Gasteiger partial charge on any atom is 0.460 e. The van der Waals surface area contributed by atoms with Crippen LogP contribution in [0.4, 0.5) is 74.6 Å². The van der Waals surface area contributed by atoms with Gasteiger partial charge in [0.15, 0.2) is 0 Å². The highest BCUT2D eigenvalue weighted by molar-refractivity contribution is 6.81. The predicted molar refractivity (Wildman–Crippen MR) is 101 cm³/mol. The minimum absolute atomic E-state index is 0.171. The standard InChI is InChI=1S/C19H19F17Si/c1-4-8-37(9-5-2,10-6-3)11-7-12(20,21)13(22,23)14(24,25)15(26,27)16(28,29)17(30,31)18(32,33)19(34,35)36/h4-6H,1-3,7-11H2. The summed E-state index contributed by atoms with van der Waals surface area (Å²) in [4.78, 5) is 0. The number of rotatable bonds is 15. The first-order chi connectivity index (χ1) is 16.1. The second-order valence-corrected chi connectivity index (χ2v) is 12.9. The number of allylic oxidation sites excluding steroid dienone is 3. The number of hydrogen-bond acceptors (Lipinski definition) is 0. The Kier molecular flexibility index (Phi) is 9.94. The maximum absolute atomic E-state index is 14.2. The molecule has 0 atom stereocenters. The Bertz CT molecular complexity index is 798. The van der Waals surface area contributed by atoms with Crippen LogP contribution in [0.3, 0.4) is 0 Å². The van der Waals surface area contributed by atoms with E-state index in [4.69, 9.17) is 0 Å². The molecule has 0 saturated heterocycles. The molecule has 0 aliphatic carbocycles. The Hall–Kier alpha value is -1.75. The van der Waals surface area contributed by atoms with E-state index < -0.39 is 68.2 Å². The molecule has 0 radical (unpaired) electrons. The molecular weight excluding hydrogens is 579 g/mol. The molecule has 0 aromatic rings. The van der Waals surface area contributed by atoms with Gasteiger partial charge in [-0.05, 0) is 18.1 Å². The zero-order chi connectivity index (χ0) is 30.2. The van der Waals surface area contributed by atoms with E-state index >= 15 is 0 Å². The van der Waals surface area contributed by atoms with Gasteiger partial charge < -0.3 is 0 Å². The molecule has 0 amide bonds. The SMILES string of the molecule is C=CC[Si](CC=C)(CC=C)CCC(F)(F)C(F)(F)C(F)(F)C(F)(F)C(F)(F)C(F)(F)C(F)(F)C(F)(F)F. The summed E-state index contributed by atoms with van der Waals surface area (Å²) in [6.07, 6.45) is -6.85. The molecule has 0 aliphatic rings. The summed E-state index contributed by atoms with van der Waals surface area (Å²) in [5.74, 6) is -56.1. The first kappa shape index (κ1) is 35.2. The zero-order valence-corrected chi connectivity index (χ0v) is 19.3. The van der Waals surface area contributed by atoms with Crippen molar-refractivity contribution in [3.05, 3.63) is 38.0 Å². The van der Waals surface area contributed by atoms with E-state index in [9.17, 15) is 74.6 Å². The van der Waals surface area contributed by atoms with Gasteiger partial charge in [-0.2, -0.15) is 74.6 Å². The summed E-state index contributed by atoms with van der Waals surface area (Å²) in [6, 6.07) is -1.62. The summed E-state index contributed by atoms with van der Waals surface area (Å²) in [5.41, 5.74) is 0. The van der Waals surface area contributed by atoms with Gasteiger partial charge in [0, 0.05) is 6.42 Å². The molecule has 0 fully saturated rings. The van der Waals surface area contributed by atoms with Gasteiger partial charge in [-0.25, -0.2) is 0 Å². The van der Waals surface area contributed by atoms with Crippen LogP contribution in [-0.4, -0.2) is 55.7 Å². The molecule has 0 unspecified atom stereocenters. The minimum atomic E-state index is -8.62. The van der Waals surface area contributed by atoms with Crippen LogP contribution >= 0.6 is 0 Å². The Balaban J connectivity index is 6.63. The third kappa shape index (κ3) is 5.53. The fraction of sp³-hybridized carbons (Fsp3) is 0.684. The molecule has 0 aliphatic heterocycles. The van der Waals surface area contributed by atoms with Gasteiger partial charge in [-0.1, -0.05) is 24.3 Å². The van der Waals surface area contributed by atoms with Crippen molar-refractivity contribution in [2.75, 3.05) is 0 Å². The number of alkyl halides is 17. The van der Waals surface area contributed by atoms with Gasteiger partial charge in [0.05, 0.1) is 8.07 Å². The Morgan fingerprint density at radius 1 is 0.432 bits per heavy atom. The lowest BCUT2D eigenvalue weighted by Crippen LogP contribution is -2.74. The van der Waals surface area contributed by atoms with Crippen molar-refractivity contribution < 1.29 is 74.6 Å². The third-order valence-electron chi connectivity index (χ3n) is 5.49. The van der Waals surface area contributed by atoms with Crippen LogP contribution in [0.15, 0.2) is 38.0 Å². The monoisotopic (exact) mass is 598 g/mol. The van der Waals surface area contributed by atoms with E-state index in [1.54, 1.807) is 0 Å². The molecule has 0 bridgehead atoms. The highest BCUT2D eigenvalue weighted by atomic mass is 28.3. The van der Waals surface area contributed by atoms with E-state index in [2.05, 4.69) is 19.7 Å². The molecule has 0 aromatic carbocycles. The summed E-state index contributed by atoms with van der Waals surface area (Å²) >= 11 is 0. The van der Waals surface area contributed by atoms with Gasteiger partial charge in [0.2, 0.25) is 0 Å². The van der Waals surface area contributed by atoms with Crippen molar-refractivity contribution >= 4 is 8.07 Å². The van der Waals surface area contributed by atoms with Crippen molar-refractivity contribution in [1.29, 1.82) is 0 Å². The van der Waals surface area contributed by atoms with Crippen molar-refractivity contribution in [3.63, 3.8) is 0 Å². The Labute approximate surface area is 199 Å². The molecule has 0 heterocycles. The molecule has 0 N–H and O–H groups in total. The second-order valence-electron chi connectivity index (χ2n) is 8.13. The van der Waals surface area contributed by atoms with E-state index in [0.717, 1.165) is 18.2 Å². The molecule has 37 heavy (non-hydrogen) atoms. The van der Waals surface area contributed by atoms with Gasteiger partial charge >= 0.3 is 47.6 Å².